The minimum absolute atomic E-state index is 0.510. The summed E-state index contributed by atoms with van der Waals surface area (Å²) in [6, 6.07) is 8.11. The van der Waals surface area contributed by atoms with Crippen molar-refractivity contribution < 1.29 is 5.11 Å². The predicted octanol–water partition coefficient (Wildman–Crippen LogP) is 2.88. The lowest BCUT2D eigenvalue weighted by atomic mass is 10.1. The summed E-state index contributed by atoms with van der Waals surface area (Å²) >= 11 is 1.57. The zero-order chi connectivity index (χ0) is 13.8. The molecular weight excluding hydrogens is 244 g/mol. The van der Waals surface area contributed by atoms with Crippen molar-refractivity contribution in [3.05, 3.63) is 23.8 Å². The van der Waals surface area contributed by atoms with Crippen LogP contribution >= 0.6 is 11.8 Å². The molecule has 1 N–H and O–H groups in total. The maximum atomic E-state index is 9.94. The van der Waals surface area contributed by atoms with E-state index in [4.69, 9.17) is 0 Å². The predicted molar refractivity (Wildman–Crippen MR) is 77.1 cm³/mol. The van der Waals surface area contributed by atoms with E-state index in [0.29, 0.717) is 12.1 Å². The smallest absolute Gasteiger partial charge is 0.103 e. The van der Waals surface area contributed by atoms with Gasteiger partial charge in [-0.15, -0.1) is 11.8 Å². The molecule has 0 aromatic heterocycles. The lowest BCUT2D eigenvalue weighted by molar-refractivity contribution is 0.0876. The van der Waals surface area contributed by atoms with E-state index >= 15 is 0 Å². The Kier molecular flexibility index (Phi) is 5.06. The molecule has 0 saturated carbocycles. The SMILES string of the molecule is CCN(CC(C)(C)O)c1cccc(SC)c1C#N. The summed E-state index contributed by atoms with van der Waals surface area (Å²) in [5, 5.41) is 19.3. The average Bonchev–Trinajstić information content (AvgIpc) is 2.33. The number of hydrogen-bond acceptors (Lipinski definition) is 4. The fourth-order valence-electron chi connectivity index (χ4n) is 1.90. The molecule has 0 spiro atoms. The molecule has 0 radical (unpaired) electrons. The first-order chi connectivity index (χ1) is 8.42. The van der Waals surface area contributed by atoms with Crippen LogP contribution in [-0.2, 0) is 0 Å². The zero-order valence-electron chi connectivity index (χ0n) is 11.4. The second-order valence-electron chi connectivity index (χ2n) is 4.79. The molecule has 0 heterocycles. The summed E-state index contributed by atoms with van der Waals surface area (Å²) in [5.74, 6) is 0. The Hall–Kier alpha value is -1.18. The quantitative estimate of drug-likeness (QED) is 0.831. The van der Waals surface area contributed by atoms with Crippen molar-refractivity contribution in [2.75, 3.05) is 24.2 Å². The van der Waals surface area contributed by atoms with Crippen molar-refractivity contribution in [3.8, 4) is 6.07 Å². The molecular formula is C14H20N2OS. The molecule has 18 heavy (non-hydrogen) atoms. The summed E-state index contributed by atoms with van der Waals surface area (Å²) in [6.07, 6.45) is 1.96. The molecule has 0 fully saturated rings. The zero-order valence-corrected chi connectivity index (χ0v) is 12.2. The summed E-state index contributed by atoms with van der Waals surface area (Å²) in [4.78, 5) is 3.02. The molecule has 98 valence electrons. The van der Waals surface area contributed by atoms with Gasteiger partial charge in [0.25, 0.3) is 0 Å². The van der Waals surface area contributed by atoms with Crippen LogP contribution in [0.4, 0.5) is 5.69 Å². The molecule has 0 amide bonds. The number of nitriles is 1. The monoisotopic (exact) mass is 264 g/mol. The van der Waals surface area contributed by atoms with Gasteiger partial charge in [-0.1, -0.05) is 6.07 Å². The summed E-state index contributed by atoms with van der Waals surface area (Å²) in [7, 11) is 0. The van der Waals surface area contributed by atoms with Crippen molar-refractivity contribution in [1.29, 1.82) is 5.26 Å². The van der Waals surface area contributed by atoms with Crippen LogP contribution in [0.15, 0.2) is 23.1 Å². The van der Waals surface area contributed by atoms with E-state index < -0.39 is 5.60 Å². The average molecular weight is 264 g/mol. The van der Waals surface area contributed by atoms with Gasteiger partial charge in [0.1, 0.15) is 6.07 Å². The molecule has 0 aliphatic rings. The maximum Gasteiger partial charge on any atom is 0.103 e. The van der Waals surface area contributed by atoms with Crippen LogP contribution in [0.5, 0.6) is 0 Å². The molecule has 1 rings (SSSR count). The van der Waals surface area contributed by atoms with Crippen LogP contribution in [-0.4, -0.2) is 30.1 Å². The number of rotatable bonds is 5. The minimum atomic E-state index is -0.780. The topological polar surface area (TPSA) is 47.3 Å². The van der Waals surface area contributed by atoms with E-state index in [0.717, 1.165) is 17.1 Å². The third-order valence-electron chi connectivity index (χ3n) is 2.64. The van der Waals surface area contributed by atoms with Gasteiger partial charge in [0, 0.05) is 18.0 Å². The summed E-state index contributed by atoms with van der Waals surface area (Å²) in [5.41, 5.74) is 0.808. The Labute approximate surface area is 113 Å². The second-order valence-corrected chi connectivity index (χ2v) is 5.64. The van der Waals surface area contributed by atoms with Gasteiger partial charge < -0.3 is 10.0 Å². The molecule has 0 unspecified atom stereocenters. The van der Waals surface area contributed by atoms with E-state index in [9.17, 15) is 10.4 Å². The minimum Gasteiger partial charge on any atom is -0.389 e. The second kappa shape index (κ2) is 6.12. The van der Waals surface area contributed by atoms with E-state index in [-0.39, 0.29) is 0 Å². The van der Waals surface area contributed by atoms with Crippen molar-refractivity contribution in [2.24, 2.45) is 0 Å². The molecule has 0 atom stereocenters. The molecule has 0 bridgehead atoms. The Morgan fingerprint density at radius 1 is 1.44 bits per heavy atom. The number of likely N-dealkylation sites (N-methyl/N-ethyl adjacent to an activating group) is 1. The molecule has 1 aromatic carbocycles. The van der Waals surface area contributed by atoms with Gasteiger partial charge in [-0.05, 0) is 39.2 Å². The van der Waals surface area contributed by atoms with Crippen molar-refractivity contribution >= 4 is 17.4 Å². The van der Waals surface area contributed by atoms with Gasteiger partial charge in [-0.25, -0.2) is 0 Å². The largest absolute Gasteiger partial charge is 0.389 e. The van der Waals surface area contributed by atoms with Gasteiger partial charge in [0.2, 0.25) is 0 Å². The Morgan fingerprint density at radius 2 is 2.11 bits per heavy atom. The van der Waals surface area contributed by atoms with Gasteiger partial charge in [0.15, 0.2) is 0 Å². The molecule has 0 aliphatic carbocycles. The molecule has 0 aliphatic heterocycles. The van der Waals surface area contributed by atoms with E-state index in [1.807, 2.05) is 36.3 Å². The highest BCUT2D eigenvalue weighted by atomic mass is 32.2. The number of hydrogen-bond donors (Lipinski definition) is 1. The van der Waals surface area contributed by atoms with Crippen LogP contribution < -0.4 is 4.90 Å². The Bertz CT molecular complexity index is 446. The highest BCUT2D eigenvalue weighted by Crippen LogP contribution is 2.29. The standard InChI is InChI=1S/C14H20N2OS/c1-5-16(10-14(2,3)17)12-7-6-8-13(18-4)11(12)9-15/h6-8,17H,5,10H2,1-4H3. The van der Waals surface area contributed by atoms with Crippen molar-refractivity contribution in [1.82, 2.24) is 0 Å². The third-order valence-corrected chi connectivity index (χ3v) is 3.42. The van der Waals surface area contributed by atoms with Gasteiger partial charge >= 0.3 is 0 Å². The summed E-state index contributed by atoms with van der Waals surface area (Å²) in [6.45, 7) is 6.85. The fraction of sp³-hybridized carbons (Fsp3) is 0.500. The normalized spacial score (nSPS) is 11.1. The first kappa shape index (κ1) is 14.9. The number of thioether (sulfide) groups is 1. The van der Waals surface area contributed by atoms with E-state index in [2.05, 4.69) is 6.07 Å². The van der Waals surface area contributed by atoms with Crippen molar-refractivity contribution in [3.63, 3.8) is 0 Å². The third kappa shape index (κ3) is 3.66. The molecule has 1 aromatic rings. The first-order valence-electron chi connectivity index (χ1n) is 5.97. The highest BCUT2D eigenvalue weighted by Gasteiger charge is 2.20. The fourth-order valence-corrected chi connectivity index (χ4v) is 2.47. The number of nitrogens with zero attached hydrogens (tertiary/aromatic N) is 2. The van der Waals surface area contributed by atoms with Crippen LogP contribution in [0.25, 0.3) is 0 Å². The Balaban J connectivity index is 3.18. The molecule has 0 saturated heterocycles. The lowest BCUT2D eigenvalue weighted by Gasteiger charge is -2.30. The maximum absolute atomic E-state index is 9.94. The van der Waals surface area contributed by atoms with Crippen LogP contribution in [0.1, 0.15) is 26.3 Å². The van der Waals surface area contributed by atoms with Gasteiger partial charge in [-0.2, -0.15) is 5.26 Å². The number of anilines is 1. The van der Waals surface area contributed by atoms with Crippen molar-refractivity contribution in [2.45, 2.75) is 31.3 Å². The molecule has 4 heteroatoms. The Morgan fingerprint density at radius 3 is 2.56 bits per heavy atom. The van der Waals surface area contributed by atoms with Crippen LogP contribution in [0.2, 0.25) is 0 Å². The van der Waals surface area contributed by atoms with Gasteiger partial charge in [0.05, 0.1) is 16.9 Å². The van der Waals surface area contributed by atoms with Crippen LogP contribution in [0, 0.1) is 11.3 Å². The number of benzene rings is 1. The number of aliphatic hydroxyl groups is 1. The van der Waals surface area contributed by atoms with Crippen LogP contribution in [0.3, 0.4) is 0 Å². The van der Waals surface area contributed by atoms with E-state index in [1.165, 1.54) is 0 Å². The lowest BCUT2D eigenvalue weighted by Crippen LogP contribution is -2.39. The summed E-state index contributed by atoms with van der Waals surface area (Å²) < 4.78 is 0. The van der Waals surface area contributed by atoms with E-state index in [1.54, 1.807) is 25.6 Å². The van der Waals surface area contributed by atoms with Gasteiger partial charge in [-0.3, -0.25) is 0 Å². The first-order valence-corrected chi connectivity index (χ1v) is 7.20. The molecule has 3 nitrogen and oxygen atoms in total. The highest BCUT2D eigenvalue weighted by molar-refractivity contribution is 7.98.